The van der Waals surface area contributed by atoms with Crippen LogP contribution in [0.2, 0.25) is 0 Å². The van der Waals surface area contributed by atoms with Gasteiger partial charge < -0.3 is 10.5 Å². The van der Waals surface area contributed by atoms with Gasteiger partial charge in [0.2, 0.25) is 0 Å². The number of unbranched alkanes of at least 4 members (excludes halogenated alkanes) is 1. The third-order valence-electron chi connectivity index (χ3n) is 2.75. The van der Waals surface area contributed by atoms with E-state index in [4.69, 9.17) is 15.3 Å². The third-order valence-corrected chi connectivity index (χ3v) is 2.75. The maximum absolute atomic E-state index is 5.61. The van der Waals surface area contributed by atoms with Crippen LogP contribution in [0, 0.1) is 0 Å². The van der Waals surface area contributed by atoms with Gasteiger partial charge in [-0.05, 0) is 49.2 Å². The molecule has 0 bridgehead atoms. The molecule has 0 unspecified atom stereocenters. The molecule has 0 fully saturated rings. The van der Waals surface area contributed by atoms with Crippen molar-refractivity contribution < 1.29 is 9.57 Å². The summed E-state index contributed by atoms with van der Waals surface area (Å²) in [4.78, 5) is 5.37. The maximum atomic E-state index is 5.61. The van der Waals surface area contributed by atoms with E-state index in [-0.39, 0.29) is 0 Å². The Morgan fingerprint density at radius 1 is 0.850 bits per heavy atom. The van der Waals surface area contributed by atoms with Crippen LogP contribution in [0.25, 0.3) is 0 Å². The van der Waals surface area contributed by atoms with E-state index in [1.807, 2.05) is 54.6 Å². The van der Waals surface area contributed by atoms with Crippen molar-refractivity contribution in [2.24, 2.45) is 0 Å². The summed E-state index contributed by atoms with van der Waals surface area (Å²) in [6, 6.07) is 17.3. The first kappa shape index (κ1) is 14.2. The minimum absolute atomic E-state index is 0.653. The topological polar surface area (TPSA) is 56.5 Å². The third kappa shape index (κ3) is 5.20. The molecule has 0 aliphatic carbocycles. The molecule has 0 saturated carbocycles. The molecule has 2 aromatic rings. The van der Waals surface area contributed by atoms with E-state index in [1.165, 1.54) is 0 Å². The summed E-state index contributed by atoms with van der Waals surface area (Å²) in [6.07, 6.45) is 1.88. The fraction of sp³-hybridized carbons (Fsp3) is 0.250. The highest BCUT2D eigenvalue weighted by atomic mass is 16.6. The number of benzene rings is 2. The normalized spacial score (nSPS) is 10.2. The SMILES string of the molecule is Nc1ccc(OCCCCONc2ccccc2)cc1. The Morgan fingerprint density at radius 3 is 2.30 bits per heavy atom. The molecule has 2 aromatic carbocycles. The molecular formula is C16H20N2O2. The summed E-state index contributed by atoms with van der Waals surface area (Å²) < 4.78 is 5.59. The van der Waals surface area contributed by atoms with Crippen LogP contribution in [0.5, 0.6) is 5.75 Å². The van der Waals surface area contributed by atoms with Gasteiger partial charge in [-0.25, -0.2) is 0 Å². The van der Waals surface area contributed by atoms with Crippen LogP contribution < -0.4 is 16.0 Å². The lowest BCUT2D eigenvalue weighted by Gasteiger charge is -2.08. The average molecular weight is 272 g/mol. The molecule has 3 N–H and O–H groups in total. The quantitative estimate of drug-likeness (QED) is 0.439. The highest BCUT2D eigenvalue weighted by Crippen LogP contribution is 2.13. The number of nitrogens with two attached hydrogens (primary N) is 1. The zero-order chi connectivity index (χ0) is 14.0. The lowest BCUT2D eigenvalue weighted by Crippen LogP contribution is -2.05. The Labute approximate surface area is 119 Å². The highest BCUT2D eigenvalue weighted by Gasteiger charge is 1.95. The number of hydrogen-bond donors (Lipinski definition) is 2. The Morgan fingerprint density at radius 2 is 1.55 bits per heavy atom. The second-order valence-electron chi connectivity index (χ2n) is 4.44. The second-order valence-corrected chi connectivity index (χ2v) is 4.44. The summed E-state index contributed by atoms with van der Waals surface area (Å²) in [6.45, 7) is 1.33. The lowest BCUT2D eigenvalue weighted by atomic mass is 10.3. The molecule has 0 saturated heterocycles. The van der Waals surface area contributed by atoms with E-state index in [2.05, 4.69) is 5.48 Å². The Hall–Kier alpha value is -2.20. The van der Waals surface area contributed by atoms with Crippen molar-refractivity contribution in [3.8, 4) is 5.75 Å². The molecule has 0 aromatic heterocycles. The van der Waals surface area contributed by atoms with Crippen molar-refractivity contribution in [3.05, 3.63) is 54.6 Å². The molecule has 0 amide bonds. The van der Waals surface area contributed by atoms with Gasteiger partial charge in [0.25, 0.3) is 0 Å². The van der Waals surface area contributed by atoms with Gasteiger partial charge in [0.15, 0.2) is 0 Å². The van der Waals surface area contributed by atoms with Gasteiger partial charge in [0.1, 0.15) is 5.75 Å². The number of hydrogen-bond acceptors (Lipinski definition) is 4. The minimum atomic E-state index is 0.653. The van der Waals surface area contributed by atoms with Gasteiger partial charge in [-0.2, -0.15) is 0 Å². The van der Waals surface area contributed by atoms with Crippen LogP contribution >= 0.6 is 0 Å². The number of nitrogens with one attached hydrogen (secondary N) is 1. The van der Waals surface area contributed by atoms with Crippen molar-refractivity contribution >= 4 is 11.4 Å². The van der Waals surface area contributed by atoms with E-state index in [0.29, 0.717) is 13.2 Å². The largest absolute Gasteiger partial charge is 0.494 e. The average Bonchev–Trinajstić information content (AvgIpc) is 2.49. The van der Waals surface area contributed by atoms with E-state index in [9.17, 15) is 0 Å². The monoisotopic (exact) mass is 272 g/mol. The molecule has 0 spiro atoms. The van der Waals surface area contributed by atoms with E-state index >= 15 is 0 Å². The van der Waals surface area contributed by atoms with Gasteiger partial charge in [0.05, 0.1) is 18.9 Å². The molecule has 4 heteroatoms. The summed E-state index contributed by atoms with van der Waals surface area (Å²) in [7, 11) is 0. The fourth-order valence-corrected chi connectivity index (χ4v) is 1.67. The Bertz CT molecular complexity index is 486. The summed E-state index contributed by atoms with van der Waals surface area (Å²) in [5, 5.41) is 0. The molecule has 2 rings (SSSR count). The van der Waals surface area contributed by atoms with Crippen LogP contribution in [-0.4, -0.2) is 13.2 Å². The highest BCUT2D eigenvalue weighted by molar-refractivity contribution is 5.41. The zero-order valence-electron chi connectivity index (χ0n) is 11.4. The zero-order valence-corrected chi connectivity index (χ0v) is 11.4. The molecule has 20 heavy (non-hydrogen) atoms. The first-order valence-corrected chi connectivity index (χ1v) is 6.76. The van der Waals surface area contributed by atoms with Crippen LogP contribution in [0.15, 0.2) is 54.6 Å². The molecule has 0 radical (unpaired) electrons. The first-order chi connectivity index (χ1) is 9.84. The van der Waals surface area contributed by atoms with Crippen LogP contribution in [0.1, 0.15) is 12.8 Å². The van der Waals surface area contributed by atoms with Gasteiger partial charge in [0, 0.05) is 5.69 Å². The first-order valence-electron chi connectivity index (χ1n) is 6.76. The molecule has 0 heterocycles. The standard InChI is InChI=1S/C16H20N2O2/c17-14-8-10-16(11-9-14)19-12-4-5-13-20-18-15-6-2-1-3-7-15/h1-3,6-11,18H,4-5,12-13,17H2. The predicted octanol–water partition coefficient (Wildman–Crippen LogP) is 3.47. The Balaban J connectivity index is 1.51. The number of para-hydroxylation sites is 1. The van der Waals surface area contributed by atoms with Gasteiger partial charge in [-0.3, -0.25) is 10.3 Å². The molecule has 4 nitrogen and oxygen atoms in total. The van der Waals surface area contributed by atoms with Crippen molar-refractivity contribution in [1.29, 1.82) is 0 Å². The van der Waals surface area contributed by atoms with Gasteiger partial charge in [-0.1, -0.05) is 18.2 Å². The van der Waals surface area contributed by atoms with Crippen LogP contribution in [-0.2, 0) is 4.84 Å². The fourth-order valence-electron chi connectivity index (χ4n) is 1.67. The Kier molecular flexibility index (Phi) is 5.73. The number of anilines is 2. The lowest BCUT2D eigenvalue weighted by molar-refractivity contribution is 0.180. The van der Waals surface area contributed by atoms with Crippen molar-refractivity contribution in [3.63, 3.8) is 0 Å². The van der Waals surface area contributed by atoms with E-state index < -0.39 is 0 Å². The van der Waals surface area contributed by atoms with Crippen molar-refractivity contribution in [2.45, 2.75) is 12.8 Å². The smallest absolute Gasteiger partial charge is 0.119 e. The number of nitrogen functional groups attached to an aromatic ring is 1. The summed E-state index contributed by atoms with van der Waals surface area (Å²) >= 11 is 0. The minimum Gasteiger partial charge on any atom is -0.494 e. The van der Waals surface area contributed by atoms with Crippen molar-refractivity contribution in [1.82, 2.24) is 0 Å². The summed E-state index contributed by atoms with van der Waals surface area (Å²) in [5.74, 6) is 0.850. The molecule has 106 valence electrons. The van der Waals surface area contributed by atoms with Gasteiger partial charge >= 0.3 is 0 Å². The van der Waals surface area contributed by atoms with Crippen molar-refractivity contribution in [2.75, 3.05) is 24.4 Å². The van der Waals surface area contributed by atoms with E-state index in [0.717, 1.165) is 30.0 Å². The van der Waals surface area contributed by atoms with Crippen LogP contribution in [0.4, 0.5) is 11.4 Å². The number of rotatable bonds is 8. The molecule has 0 atom stereocenters. The molecule has 0 aliphatic heterocycles. The predicted molar refractivity (Wildman–Crippen MR) is 81.6 cm³/mol. The number of ether oxygens (including phenoxy) is 1. The molecular weight excluding hydrogens is 252 g/mol. The van der Waals surface area contributed by atoms with Gasteiger partial charge in [-0.15, -0.1) is 0 Å². The maximum Gasteiger partial charge on any atom is 0.119 e. The van der Waals surface area contributed by atoms with Crippen LogP contribution in [0.3, 0.4) is 0 Å². The second kappa shape index (κ2) is 8.07. The summed E-state index contributed by atoms with van der Waals surface area (Å²) in [5.41, 5.74) is 10.2. The molecule has 0 aliphatic rings. The van der Waals surface area contributed by atoms with E-state index in [1.54, 1.807) is 0 Å².